The number of carbonyl (C=O) groups excluding carboxylic acids is 1. The van der Waals surface area contributed by atoms with Crippen molar-refractivity contribution in [2.75, 3.05) is 17.3 Å². The summed E-state index contributed by atoms with van der Waals surface area (Å²) in [6.45, 7) is 4.11. The standard InChI is InChI=1S/C9H18BrNO3S/c1-7(2)4-8(5-10)11-9(12)6-15(3,13)14/h7-8H,4-6H2,1-3H3,(H,11,12). The van der Waals surface area contributed by atoms with Crippen LogP contribution >= 0.6 is 15.9 Å². The van der Waals surface area contributed by atoms with Crippen molar-refractivity contribution in [1.82, 2.24) is 5.32 Å². The lowest BCUT2D eigenvalue weighted by Crippen LogP contribution is -2.40. The Hall–Kier alpha value is -0.100. The third kappa shape index (κ3) is 8.87. The Morgan fingerprint density at radius 2 is 1.93 bits per heavy atom. The van der Waals surface area contributed by atoms with Crippen molar-refractivity contribution in [2.45, 2.75) is 26.3 Å². The van der Waals surface area contributed by atoms with Gasteiger partial charge in [-0.3, -0.25) is 4.79 Å². The maximum Gasteiger partial charge on any atom is 0.235 e. The van der Waals surface area contributed by atoms with Crippen molar-refractivity contribution < 1.29 is 13.2 Å². The van der Waals surface area contributed by atoms with E-state index in [1.54, 1.807) is 0 Å². The van der Waals surface area contributed by atoms with Gasteiger partial charge in [0.2, 0.25) is 5.91 Å². The topological polar surface area (TPSA) is 63.2 Å². The van der Waals surface area contributed by atoms with Crippen LogP contribution in [-0.4, -0.2) is 37.7 Å². The van der Waals surface area contributed by atoms with Gasteiger partial charge in [0.1, 0.15) is 5.75 Å². The summed E-state index contributed by atoms with van der Waals surface area (Å²) in [4.78, 5) is 11.3. The Kier molecular flexibility index (Phi) is 6.43. The molecule has 1 amide bonds. The lowest BCUT2D eigenvalue weighted by molar-refractivity contribution is -0.119. The molecule has 0 aromatic rings. The maximum atomic E-state index is 11.3. The maximum absolute atomic E-state index is 11.3. The van der Waals surface area contributed by atoms with Gasteiger partial charge in [-0.2, -0.15) is 0 Å². The lowest BCUT2D eigenvalue weighted by Gasteiger charge is -2.17. The highest BCUT2D eigenvalue weighted by Gasteiger charge is 2.16. The largest absolute Gasteiger partial charge is 0.352 e. The Balaban J connectivity index is 4.13. The Morgan fingerprint density at radius 1 is 1.40 bits per heavy atom. The molecule has 1 unspecified atom stereocenters. The molecule has 15 heavy (non-hydrogen) atoms. The van der Waals surface area contributed by atoms with Crippen LogP contribution in [0.5, 0.6) is 0 Å². The van der Waals surface area contributed by atoms with Crippen LogP contribution in [0.4, 0.5) is 0 Å². The highest BCUT2D eigenvalue weighted by molar-refractivity contribution is 9.09. The van der Waals surface area contributed by atoms with E-state index >= 15 is 0 Å². The lowest BCUT2D eigenvalue weighted by atomic mass is 10.1. The molecule has 1 N–H and O–H groups in total. The van der Waals surface area contributed by atoms with Gasteiger partial charge in [0.25, 0.3) is 0 Å². The summed E-state index contributed by atoms with van der Waals surface area (Å²) in [5.41, 5.74) is 0. The van der Waals surface area contributed by atoms with Gasteiger partial charge in [-0.05, 0) is 12.3 Å². The molecule has 0 fully saturated rings. The summed E-state index contributed by atoms with van der Waals surface area (Å²) >= 11 is 3.29. The average Bonchev–Trinajstić information content (AvgIpc) is 1.98. The minimum atomic E-state index is -3.23. The summed E-state index contributed by atoms with van der Waals surface area (Å²) in [6, 6.07) is -0.000694. The second-order valence-electron chi connectivity index (χ2n) is 4.12. The van der Waals surface area contributed by atoms with Crippen LogP contribution in [0.3, 0.4) is 0 Å². The van der Waals surface area contributed by atoms with Crippen LogP contribution in [0.2, 0.25) is 0 Å². The van der Waals surface area contributed by atoms with Gasteiger partial charge in [-0.25, -0.2) is 8.42 Å². The summed E-state index contributed by atoms with van der Waals surface area (Å²) in [5, 5.41) is 3.33. The van der Waals surface area contributed by atoms with Crippen molar-refractivity contribution in [1.29, 1.82) is 0 Å². The molecule has 6 heteroatoms. The smallest absolute Gasteiger partial charge is 0.235 e. The predicted octanol–water partition coefficient (Wildman–Crippen LogP) is 0.957. The van der Waals surface area contributed by atoms with Crippen molar-refractivity contribution in [3.8, 4) is 0 Å². The monoisotopic (exact) mass is 299 g/mol. The van der Waals surface area contributed by atoms with Gasteiger partial charge >= 0.3 is 0 Å². The zero-order valence-corrected chi connectivity index (χ0v) is 11.7. The first-order valence-corrected chi connectivity index (χ1v) is 7.96. The van der Waals surface area contributed by atoms with Gasteiger partial charge in [-0.15, -0.1) is 0 Å². The van der Waals surface area contributed by atoms with Gasteiger partial charge < -0.3 is 5.32 Å². The molecule has 0 heterocycles. The summed E-state index contributed by atoms with van der Waals surface area (Å²) in [6.07, 6.45) is 1.89. The van der Waals surface area contributed by atoms with Crippen LogP contribution in [0.15, 0.2) is 0 Å². The van der Waals surface area contributed by atoms with Crippen LogP contribution in [-0.2, 0) is 14.6 Å². The molecular formula is C9H18BrNO3S. The minimum absolute atomic E-state index is 0.000694. The fraction of sp³-hybridized carbons (Fsp3) is 0.889. The number of alkyl halides is 1. The third-order valence-electron chi connectivity index (χ3n) is 1.70. The first kappa shape index (κ1) is 14.9. The van der Waals surface area contributed by atoms with E-state index in [-0.39, 0.29) is 6.04 Å². The fourth-order valence-corrected chi connectivity index (χ4v) is 2.22. The molecule has 0 saturated carbocycles. The molecule has 0 bridgehead atoms. The first-order valence-electron chi connectivity index (χ1n) is 4.77. The van der Waals surface area contributed by atoms with Gasteiger partial charge in [0.05, 0.1) is 0 Å². The Labute approximate surface area is 99.9 Å². The quantitative estimate of drug-likeness (QED) is 0.743. The Bertz CT molecular complexity index is 300. The molecule has 0 aliphatic heterocycles. The normalized spacial score (nSPS) is 13.9. The van der Waals surface area contributed by atoms with Crippen LogP contribution in [0.25, 0.3) is 0 Å². The van der Waals surface area contributed by atoms with E-state index in [1.165, 1.54) is 0 Å². The van der Waals surface area contributed by atoms with E-state index < -0.39 is 21.5 Å². The minimum Gasteiger partial charge on any atom is -0.352 e. The van der Waals surface area contributed by atoms with E-state index in [9.17, 15) is 13.2 Å². The van der Waals surface area contributed by atoms with E-state index in [2.05, 4.69) is 35.1 Å². The van der Waals surface area contributed by atoms with Crippen molar-refractivity contribution in [3.63, 3.8) is 0 Å². The van der Waals surface area contributed by atoms with E-state index in [0.717, 1.165) is 12.7 Å². The molecule has 0 spiro atoms. The zero-order chi connectivity index (χ0) is 12.1. The Morgan fingerprint density at radius 3 is 2.27 bits per heavy atom. The third-order valence-corrected chi connectivity index (χ3v) is 3.27. The molecule has 0 aliphatic rings. The molecular weight excluding hydrogens is 282 g/mol. The number of sulfone groups is 1. The zero-order valence-electron chi connectivity index (χ0n) is 9.29. The van der Waals surface area contributed by atoms with Gasteiger partial charge in [-0.1, -0.05) is 29.8 Å². The number of amides is 1. The van der Waals surface area contributed by atoms with Crippen molar-refractivity contribution in [3.05, 3.63) is 0 Å². The molecule has 0 aliphatic carbocycles. The van der Waals surface area contributed by atoms with E-state index in [0.29, 0.717) is 11.2 Å². The van der Waals surface area contributed by atoms with Gasteiger partial charge in [0, 0.05) is 17.6 Å². The van der Waals surface area contributed by atoms with Gasteiger partial charge in [0.15, 0.2) is 9.84 Å². The summed E-state index contributed by atoms with van der Waals surface area (Å²) < 4.78 is 21.7. The molecule has 0 saturated heterocycles. The molecule has 90 valence electrons. The number of halogens is 1. The first-order chi connectivity index (χ1) is 6.74. The number of hydrogen-bond acceptors (Lipinski definition) is 3. The van der Waals surface area contributed by atoms with Crippen molar-refractivity contribution in [2.24, 2.45) is 5.92 Å². The van der Waals surface area contributed by atoms with Crippen LogP contribution in [0, 0.1) is 5.92 Å². The number of nitrogens with one attached hydrogen (secondary N) is 1. The highest BCUT2D eigenvalue weighted by Crippen LogP contribution is 2.06. The van der Waals surface area contributed by atoms with E-state index in [1.807, 2.05) is 0 Å². The second kappa shape index (κ2) is 6.48. The molecule has 1 atom stereocenters. The highest BCUT2D eigenvalue weighted by atomic mass is 79.9. The summed E-state index contributed by atoms with van der Waals surface area (Å²) in [7, 11) is -3.23. The van der Waals surface area contributed by atoms with E-state index in [4.69, 9.17) is 0 Å². The second-order valence-corrected chi connectivity index (χ2v) is 6.91. The predicted molar refractivity (Wildman–Crippen MR) is 64.9 cm³/mol. The fourth-order valence-electron chi connectivity index (χ4n) is 1.24. The SMILES string of the molecule is CC(C)CC(CBr)NC(=O)CS(C)(=O)=O. The number of carbonyl (C=O) groups is 1. The molecule has 0 radical (unpaired) electrons. The summed E-state index contributed by atoms with van der Waals surface area (Å²) in [5.74, 6) is -0.400. The molecule has 4 nitrogen and oxygen atoms in total. The van der Waals surface area contributed by atoms with Crippen LogP contribution in [0.1, 0.15) is 20.3 Å². The number of hydrogen-bond donors (Lipinski definition) is 1. The van der Waals surface area contributed by atoms with Crippen LogP contribution < -0.4 is 5.32 Å². The van der Waals surface area contributed by atoms with Crippen molar-refractivity contribution >= 4 is 31.7 Å². The molecule has 0 aromatic carbocycles. The molecule has 0 aromatic heterocycles. The average molecular weight is 300 g/mol. The number of rotatable bonds is 6. The molecule has 0 rings (SSSR count).